The zero-order valence-corrected chi connectivity index (χ0v) is 12.6. The van der Waals surface area contributed by atoms with E-state index < -0.39 is 0 Å². The molecule has 1 N–H and O–H groups in total. The summed E-state index contributed by atoms with van der Waals surface area (Å²) in [6, 6.07) is 6.76. The third-order valence-electron chi connectivity index (χ3n) is 3.31. The molecule has 0 unspecified atom stereocenters. The minimum absolute atomic E-state index is 0.177. The Labute approximate surface area is 128 Å². The maximum absolute atomic E-state index is 12.2. The Morgan fingerprint density at radius 1 is 1.10 bits per heavy atom. The molecule has 1 saturated heterocycles. The first-order valence-electron chi connectivity index (χ1n) is 6.74. The highest BCUT2D eigenvalue weighted by molar-refractivity contribution is 6.30. The van der Waals surface area contributed by atoms with Crippen LogP contribution in [0, 0.1) is 0 Å². The van der Waals surface area contributed by atoms with Gasteiger partial charge in [0.1, 0.15) is 0 Å². The maximum atomic E-state index is 12.2. The van der Waals surface area contributed by atoms with Crippen molar-refractivity contribution < 1.29 is 14.3 Å². The molecule has 1 aliphatic heterocycles. The van der Waals surface area contributed by atoms with E-state index in [0.29, 0.717) is 36.9 Å². The third-order valence-corrected chi connectivity index (χ3v) is 3.56. The summed E-state index contributed by atoms with van der Waals surface area (Å²) < 4.78 is 4.70. The number of nitrogens with one attached hydrogen (secondary N) is 1. The van der Waals surface area contributed by atoms with Crippen LogP contribution in [0.3, 0.4) is 0 Å². The van der Waals surface area contributed by atoms with Gasteiger partial charge in [-0.15, -0.1) is 0 Å². The molecule has 0 spiro atoms. The van der Waals surface area contributed by atoms with E-state index >= 15 is 0 Å². The Kier molecular flexibility index (Phi) is 5.27. The van der Waals surface area contributed by atoms with E-state index in [2.05, 4.69) is 5.32 Å². The van der Waals surface area contributed by atoms with Gasteiger partial charge < -0.3 is 19.9 Å². The molecule has 3 amide bonds. The van der Waals surface area contributed by atoms with Crippen LogP contribution in [0.4, 0.5) is 15.3 Å². The molecule has 0 atom stereocenters. The number of halogens is 1. The van der Waals surface area contributed by atoms with Gasteiger partial charge in [-0.25, -0.2) is 9.59 Å². The van der Waals surface area contributed by atoms with Crippen LogP contribution >= 0.6 is 11.6 Å². The summed E-state index contributed by atoms with van der Waals surface area (Å²) in [4.78, 5) is 27.0. The largest absolute Gasteiger partial charge is 0.453 e. The summed E-state index contributed by atoms with van der Waals surface area (Å²) >= 11 is 5.81. The van der Waals surface area contributed by atoms with Crippen LogP contribution in [-0.2, 0) is 4.74 Å². The molecule has 1 fully saturated rings. The molecule has 0 radical (unpaired) electrons. The van der Waals surface area contributed by atoms with E-state index in [-0.39, 0.29) is 12.1 Å². The second kappa shape index (κ2) is 7.17. The average Bonchev–Trinajstić information content (AvgIpc) is 2.75. The Morgan fingerprint density at radius 3 is 2.38 bits per heavy atom. The molecule has 114 valence electrons. The monoisotopic (exact) mass is 311 g/mol. The summed E-state index contributed by atoms with van der Waals surface area (Å²) in [6.07, 6.45) is 0.373. The van der Waals surface area contributed by atoms with Gasteiger partial charge in [0.2, 0.25) is 0 Å². The lowest BCUT2D eigenvalue weighted by atomic mass is 10.3. The third kappa shape index (κ3) is 4.26. The highest BCUT2D eigenvalue weighted by Crippen LogP contribution is 2.14. The van der Waals surface area contributed by atoms with Crippen LogP contribution in [0.1, 0.15) is 6.42 Å². The minimum Gasteiger partial charge on any atom is -0.453 e. The first-order chi connectivity index (χ1) is 10.1. The number of rotatable bonds is 1. The van der Waals surface area contributed by atoms with Crippen LogP contribution in [0.5, 0.6) is 0 Å². The number of anilines is 1. The number of amides is 3. The first-order valence-corrected chi connectivity index (χ1v) is 7.12. The average molecular weight is 312 g/mol. The van der Waals surface area contributed by atoms with E-state index in [1.807, 2.05) is 0 Å². The summed E-state index contributed by atoms with van der Waals surface area (Å²) in [5.74, 6) is 0. The van der Waals surface area contributed by atoms with Crippen molar-refractivity contribution in [2.24, 2.45) is 0 Å². The zero-order valence-electron chi connectivity index (χ0n) is 11.8. The molecule has 0 bridgehead atoms. The standard InChI is InChI=1S/C14H18ClN3O3/c1-21-14(20)18-8-2-7-17(9-10-18)13(19)16-12-5-3-11(15)4-6-12/h3-6H,2,7-10H2,1H3,(H,16,19). The molecule has 6 nitrogen and oxygen atoms in total. The Hall–Kier alpha value is -1.95. The highest BCUT2D eigenvalue weighted by atomic mass is 35.5. The quantitative estimate of drug-likeness (QED) is 0.867. The second-order valence-electron chi connectivity index (χ2n) is 4.73. The molecule has 2 rings (SSSR count). The van der Waals surface area contributed by atoms with Crippen LogP contribution in [-0.4, -0.2) is 55.2 Å². The van der Waals surface area contributed by atoms with Gasteiger partial charge in [-0.1, -0.05) is 11.6 Å². The van der Waals surface area contributed by atoms with E-state index in [9.17, 15) is 9.59 Å². The summed E-state index contributed by atoms with van der Waals surface area (Å²) in [6.45, 7) is 2.15. The van der Waals surface area contributed by atoms with Crippen molar-refractivity contribution in [2.75, 3.05) is 38.6 Å². The van der Waals surface area contributed by atoms with Gasteiger partial charge in [-0.3, -0.25) is 0 Å². The molecule has 0 aromatic heterocycles. The normalized spacial score (nSPS) is 15.3. The van der Waals surface area contributed by atoms with Crippen molar-refractivity contribution >= 4 is 29.4 Å². The molecule has 1 aromatic rings. The number of methoxy groups -OCH3 is 1. The SMILES string of the molecule is COC(=O)N1CCCN(C(=O)Nc2ccc(Cl)cc2)CC1. The lowest BCUT2D eigenvalue weighted by Gasteiger charge is -2.21. The van der Waals surface area contributed by atoms with Gasteiger partial charge in [-0.2, -0.15) is 0 Å². The summed E-state index contributed by atoms with van der Waals surface area (Å²) in [5.41, 5.74) is 0.693. The van der Waals surface area contributed by atoms with Crippen molar-refractivity contribution in [1.82, 2.24) is 9.80 Å². The Balaban J connectivity index is 1.91. The van der Waals surface area contributed by atoms with Crippen LogP contribution in [0.25, 0.3) is 0 Å². The van der Waals surface area contributed by atoms with Gasteiger partial charge in [0.05, 0.1) is 7.11 Å². The number of urea groups is 1. The number of nitrogens with zero attached hydrogens (tertiary/aromatic N) is 2. The number of carbonyl (C=O) groups excluding carboxylic acids is 2. The summed E-state index contributed by atoms with van der Waals surface area (Å²) in [7, 11) is 1.36. The predicted molar refractivity (Wildman–Crippen MR) is 80.6 cm³/mol. The number of carbonyl (C=O) groups is 2. The molecule has 1 aromatic carbocycles. The molecular formula is C14H18ClN3O3. The smallest absolute Gasteiger partial charge is 0.409 e. The van der Waals surface area contributed by atoms with Gasteiger partial charge in [0.25, 0.3) is 0 Å². The van der Waals surface area contributed by atoms with Crippen molar-refractivity contribution in [3.05, 3.63) is 29.3 Å². The highest BCUT2D eigenvalue weighted by Gasteiger charge is 2.22. The van der Waals surface area contributed by atoms with Gasteiger partial charge >= 0.3 is 12.1 Å². The molecular weight excluding hydrogens is 294 g/mol. The van der Waals surface area contributed by atoms with Gasteiger partial charge in [0.15, 0.2) is 0 Å². The second-order valence-corrected chi connectivity index (χ2v) is 5.17. The minimum atomic E-state index is -0.352. The van der Waals surface area contributed by atoms with Crippen LogP contribution in [0.2, 0.25) is 5.02 Å². The van der Waals surface area contributed by atoms with Gasteiger partial charge in [0, 0.05) is 36.9 Å². The molecule has 21 heavy (non-hydrogen) atoms. The predicted octanol–water partition coefficient (Wildman–Crippen LogP) is 2.65. The maximum Gasteiger partial charge on any atom is 0.409 e. The lowest BCUT2D eigenvalue weighted by Crippen LogP contribution is -2.39. The summed E-state index contributed by atoms with van der Waals surface area (Å²) in [5, 5.41) is 3.44. The molecule has 1 heterocycles. The van der Waals surface area contributed by atoms with Gasteiger partial charge in [-0.05, 0) is 30.7 Å². The number of hydrogen-bond acceptors (Lipinski definition) is 3. The topological polar surface area (TPSA) is 61.9 Å². The molecule has 7 heteroatoms. The molecule has 1 aliphatic rings. The van der Waals surface area contributed by atoms with E-state index in [0.717, 1.165) is 6.42 Å². The lowest BCUT2D eigenvalue weighted by molar-refractivity contribution is 0.125. The van der Waals surface area contributed by atoms with Crippen molar-refractivity contribution in [2.45, 2.75) is 6.42 Å². The van der Waals surface area contributed by atoms with Crippen molar-refractivity contribution in [3.8, 4) is 0 Å². The molecule has 0 saturated carbocycles. The van der Waals surface area contributed by atoms with E-state index in [1.54, 1.807) is 34.1 Å². The fraction of sp³-hybridized carbons (Fsp3) is 0.429. The van der Waals surface area contributed by atoms with Crippen molar-refractivity contribution in [3.63, 3.8) is 0 Å². The fourth-order valence-corrected chi connectivity index (χ4v) is 2.29. The number of hydrogen-bond donors (Lipinski definition) is 1. The Morgan fingerprint density at radius 2 is 1.71 bits per heavy atom. The van der Waals surface area contributed by atoms with Crippen LogP contribution < -0.4 is 5.32 Å². The first kappa shape index (κ1) is 15.4. The van der Waals surface area contributed by atoms with E-state index in [4.69, 9.17) is 16.3 Å². The van der Waals surface area contributed by atoms with Crippen molar-refractivity contribution in [1.29, 1.82) is 0 Å². The van der Waals surface area contributed by atoms with E-state index in [1.165, 1.54) is 7.11 Å². The Bertz CT molecular complexity index is 507. The molecule has 0 aliphatic carbocycles. The van der Waals surface area contributed by atoms with Crippen LogP contribution in [0.15, 0.2) is 24.3 Å². The zero-order chi connectivity index (χ0) is 15.2. The number of benzene rings is 1. The fourth-order valence-electron chi connectivity index (χ4n) is 2.17. The number of ether oxygens (including phenoxy) is 1.